The number of urea groups is 1. The third-order valence-electron chi connectivity index (χ3n) is 6.84. The van der Waals surface area contributed by atoms with Crippen LogP contribution in [-0.2, 0) is 17.9 Å². The number of carbonyl (C=O) groups excluding carboxylic acids is 2. The molecule has 8 heteroatoms. The van der Waals surface area contributed by atoms with Crippen molar-refractivity contribution in [3.05, 3.63) is 58.0 Å². The highest BCUT2D eigenvalue weighted by molar-refractivity contribution is 7.07. The molecule has 32 heavy (non-hydrogen) atoms. The number of imide groups is 1. The molecule has 2 aromatic heterocycles. The van der Waals surface area contributed by atoms with Crippen molar-refractivity contribution in [2.75, 3.05) is 13.1 Å². The van der Waals surface area contributed by atoms with Gasteiger partial charge in [0.15, 0.2) is 0 Å². The molecule has 2 saturated heterocycles. The number of fused-ring (bicyclic) bond motifs is 1. The molecule has 166 valence electrons. The van der Waals surface area contributed by atoms with Crippen LogP contribution < -0.4 is 5.32 Å². The fourth-order valence-corrected chi connectivity index (χ4v) is 5.52. The van der Waals surface area contributed by atoms with Gasteiger partial charge in [0.2, 0.25) is 0 Å². The summed E-state index contributed by atoms with van der Waals surface area (Å²) in [6.45, 7) is 6.71. The summed E-state index contributed by atoms with van der Waals surface area (Å²) in [7, 11) is 0. The van der Waals surface area contributed by atoms with E-state index in [-0.39, 0.29) is 17.9 Å². The van der Waals surface area contributed by atoms with E-state index in [4.69, 9.17) is 9.97 Å². The summed E-state index contributed by atoms with van der Waals surface area (Å²) in [5.74, 6) is 0.00912. The molecule has 7 nitrogen and oxygen atoms in total. The summed E-state index contributed by atoms with van der Waals surface area (Å²) in [4.78, 5) is 39.1. The van der Waals surface area contributed by atoms with Crippen molar-refractivity contribution in [1.82, 2.24) is 25.1 Å². The molecule has 2 fully saturated rings. The largest absolute Gasteiger partial charge is 0.325 e. The van der Waals surface area contributed by atoms with Gasteiger partial charge >= 0.3 is 6.03 Å². The third-order valence-corrected chi connectivity index (χ3v) is 7.57. The molecule has 4 heterocycles. The summed E-state index contributed by atoms with van der Waals surface area (Å²) in [5.41, 5.74) is 3.95. The van der Waals surface area contributed by atoms with Crippen LogP contribution in [0.15, 0.2) is 41.1 Å². The normalized spacial score (nSPS) is 22.6. The van der Waals surface area contributed by atoms with E-state index in [1.54, 1.807) is 11.3 Å². The van der Waals surface area contributed by atoms with Crippen molar-refractivity contribution >= 4 is 34.3 Å². The van der Waals surface area contributed by atoms with Crippen molar-refractivity contribution in [3.8, 4) is 0 Å². The maximum atomic E-state index is 13.2. The van der Waals surface area contributed by atoms with E-state index < -0.39 is 5.54 Å². The number of rotatable bonds is 5. The highest BCUT2D eigenvalue weighted by Gasteiger charge is 2.52. The number of aryl methyl sites for hydroxylation is 1. The predicted octanol–water partition coefficient (Wildman–Crippen LogP) is 3.72. The number of benzene rings is 1. The van der Waals surface area contributed by atoms with E-state index in [9.17, 15) is 9.59 Å². The van der Waals surface area contributed by atoms with Gasteiger partial charge in [-0.1, -0.05) is 12.1 Å². The van der Waals surface area contributed by atoms with Crippen LogP contribution in [0.1, 0.15) is 36.7 Å². The standard InChI is InChI=1S/C24H27N5O2S/c1-16-21(26-20-6-4-3-5-19(20)25-16)14-28-10-7-18(8-11-28)24(2)22(30)29(23(31)27-24)13-17-9-12-32-15-17/h3-6,9,12,15,18H,7-8,10-11,13-14H2,1-2H3,(H,27,31). The number of likely N-dealkylation sites (tertiary alicyclic amines) is 1. The van der Waals surface area contributed by atoms with Gasteiger partial charge in [0.05, 0.1) is 29.0 Å². The third kappa shape index (κ3) is 3.78. The number of nitrogens with one attached hydrogen (secondary N) is 1. The van der Waals surface area contributed by atoms with Crippen molar-refractivity contribution in [1.29, 1.82) is 0 Å². The van der Waals surface area contributed by atoms with E-state index in [0.29, 0.717) is 6.54 Å². The average Bonchev–Trinajstić information content (AvgIpc) is 3.38. The number of thiophene rings is 1. The molecule has 3 amide bonds. The van der Waals surface area contributed by atoms with Gasteiger partial charge in [-0.3, -0.25) is 14.6 Å². The molecule has 2 aliphatic heterocycles. The molecule has 0 spiro atoms. The van der Waals surface area contributed by atoms with Crippen molar-refractivity contribution in [2.24, 2.45) is 5.92 Å². The topological polar surface area (TPSA) is 78.4 Å². The molecule has 3 aromatic rings. The number of aromatic nitrogens is 2. The monoisotopic (exact) mass is 449 g/mol. The maximum Gasteiger partial charge on any atom is 0.325 e. The van der Waals surface area contributed by atoms with Gasteiger partial charge in [0, 0.05) is 6.54 Å². The van der Waals surface area contributed by atoms with Gasteiger partial charge in [-0.05, 0) is 80.2 Å². The van der Waals surface area contributed by atoms with Gasteiger partial charge in [-0.2, -0.15) is 11.3 Å². The summed E-state index contributed by atoms with van der Waals surface area (Å²) < 4.78 is 0. The van der Waals surface area contributed by atoms with Crippen LogP contribution in [0, 0.1) is 12.8 Å². The SMILES string of the molecule is Cc1nc2ccccc2nc1CN1CCC(C2(C)NC(=O)N(Cc3ccsc3)C2=O)CC1. The molecule has 0 saturated carbocycles. The van der Waals surface area contributed by atoms with Gasteiger partial charge in [-0.15, -0.1) is 0 Å². The summed E-state index contributed by atoms with van der Waals surface area (Å²) >= 11 is 1.57. The Bertz CT molecular complexity index is 1160. The molecular formula is C24H27N5O2S. The highest BCUT2D eigenvalue weighted by atomic mass is 32.1. The Balaban J connectivity index is 1.24. The van der Waals surface area contributed by atoms with Crippen LogP contribution >= 0.6 is 11.3 Å². The second kappa shape index (κ2) is 8.26. The number of para-hydroxylation sites is 2. The van der Waals surface area contributed by atoms with Crippen LogP contribution in [0.5, 0.6) is 0 Å². The van der Waals surface area contributed by atoms with Crippen molar-refractivity contribution in [2.45, 2.75) is 45.3 Å². The van der Waals surface area contributed by atoms with Gasteiger partial charge in [0.1, 0.15) is 5.54 Å². The molecule has 1 N–H and O–H groups in total. The van der Waals surface area contributed by atoms with Crippen LogP contribution in [0.2, 0.25) is 0 Å². The first kappa shape index (κ1) is 21.0. The highest BCUT2D eigenvalue weighted by Crippen LogP contribution is 2.34. The van der Waals surface area contributed by atoms with Gasteiger partial charge in [-0.25, -0.2) is 14.8 Å². The van der Waals surface area contributed by atoms with Crippen LogP contribution in [0.3, 0.4) is 0 Å². The van der Waals surface area contributed by atoms with E-state index in [1.165, 1.54) is 4.90 Å². The van der Waals surface area contributed by atoms with Crippen LogP contribution in [0.25, 0.3) is 11.0 Å². The first-order valence-electron chi connectivity index (χ1n) is 11.0. The zero-order valence-corrected chi connectivity index (χ0v) is 19.2. The van der Waals surface area contributed by atoms with E-state index >= 15 is 0 Å². The Hall–Kier alpha value is -2.84. The molecule has 1 aromatic carbocycles. The first-order chi connectivity index (χ1) is 15.4. The Labute approximate surface area is 191 Å². The van der Waals surface area contributed by atoms with Crippen molar-refractivity contribution in [3.63, 3.8) is 0 Å². The molecule has 0 radical (unpaired) electrons. The average molecular weight is 450 g/mol. The molecular weight excluding hydrogens is 422 g/mol. The summed E-state index contributed by atoms with van der Waals surface area (Å²) in [5, 5.41) is 6.95. The Morgan fingerprint density at radius 3 is 2.50 bits per heavy atom. The minimum atomic E-state index is -0.835. The fourth-order valence-electron chi connectivity index (χ4n) is 4.86. The predicted molar refractivity (Wildman–Crippen MR) is 124 cm³/mol. The van der Waals surface area contributed by atoms with Gasteiger partial charge in [0.25, 0.3) is 5.91 Å². The Morgan fingerprint density at radius 1 is 1.09 bits per heavy atom. The molecule has 2 aliphatic rings. The zero-order valence-electron chi connectivity index (χ0n) is 18.4. The lowest BCUT2D eigenvalue weighted by molar-refractivity contribution is -0.133. The lowest BCUT2D eigenvalue weighted by Gasteiger charge is -2.38. The Morgan fingerprint density at radius 2 is 1.81 bits per heavy atom. The number of hydrogen-bond donors (Lipinski definition) is 1. The molecule has 5 rings (SSSR count). The number of carbonyl (C=O) groups is 2. The number of piperidine rings is 1. The number of amides is 3. The lowest BCUT2D eigenvalue weighted by atomic mass is 9.79. The first-order valence-corrected chi connectivity index (χ1v) is 12.0. The molecule has 0 aliphatic carbocycles. The van der Waals surface area contributed by atoms with E-state index in [1.807, 2.05) is 54.9 Å². The minimum Gasteiger partial charge on any atom is -0.323 e. The molecule has 1 unspecified atom stereocenters. The number of hydrogen-bond acceptors (Lipinski definition) is 6. The van der Waals surface area contributed by atoms with Crippen LogP contribution in [-0.4, -0.2) is 50.3 Å². The lowest BCUT2D eigenvalue weighted by Crippen LogP contribution is -2.53. The van der Waals surface area contributed by atoms with Crippen molar-refractivity contribution < 1.29 is 9.59 Å². The fraction of sp³-hybridized carbons (Fsp3) is 0.417. The second-order valence-corrected chi connectivity index (χ2v) is 9.73. The van der Waals surface area contributed by atoms with E-state index in [0.717, 1.165) is 60.5 Å². The van der Waals surface area contributed by atoms with Crippen LogP contribution in [0.4, 0.5) is 4.79 Å². The summed E-state index contributed by atoms with van der Waals surface area (Å²) in [6.07, 6.45) is 1.71. The van der Waals surface area contributed by atoms with E-state index in [2.05, 4.69) is 10.2 Å². The smallest absolute Gasteiger partial charge is 0.323 e. The minimum absolute atomic E-state index is 0.108. The molecule has 1 atom stereocenters. The summed E-state index contributed by atoms with van der Waals surface area (Å²) in [6, 6.07) is 9.61. The quantitative estimate of drug-likeness (QED) is 0.601. The zero-order chi connectivity index (χ0) is 22.3. The Kier molecular flexibility index (Phi) is 5.43. The second-order valence-electron chi connectivity index (χ2n) is 8.95. The van der Waals surface area contributed by atoms with Gasteiger partial charge < -0.3 is 5.32 Å². The molecule has 0 bridgehead atoms. The maximum absolute atomic E-state index is 13.2. The number of nitrogens with zero attached hydrogens (tertiary/aromatic N) is 4.